The second-order valence-electron chi connectivity index (χ2n) is 4.04. The van der Waals surface area contributed by atoms with E-state index in [1.807, 2.05) is 19.0 Å². The zero-order valence-corrected chi connectivity index (χ0v) is 11.0. The Hall–Kier alpha value is -1.72. The minimum Gasteiger partial charge on any atom is -0.506 e. The molecule has 0 aliphatic carbocycles. The number of amides is 1. The molecule has 1 amide bonds. The topological polar surface area (TPSA) is 78.6 Å². The number of phenolic OH excluding ortho intramolecular Hbond substituents is 1. The molecular weight excluding hydrogens is 254 g/mol. The molecule has 0 spiro atoms. The maximum absolute atomic E-state index is 11.5. The number of nitrogen functional groups attached to an aromatic ring is 1. The third kappa shape index (κ3) is 4.27. The highest BCUT2D eigenvalue weighted by Crippen LogP contribution is 2.31. The average molecular weight is 270 g/mol. The van der Waals surface area contributed by atoms with Crippen LogP contribution in [0, 0.1) is 0 Å². The zero-order valence-electron chi connectivity index (χ0n) is 10.3. The van der Waals surface area contributed by atoms with Crippen molar-refractivity contribution in [2.75, 3.05) is 31.7 Å². The fourth-order valence-electron chi connectivity index (χ4n) is 1.22. The minimum absolute atomic E-state index is 0.122. The van der Waals surface area contributed by atoms with Gasteiger partial charge in [0.05, 0.1) is 16.4 Å². The lowest BCUT2D eigenvalue weighted by atomic mass is 10.2. The average Bonchev–Trinajstić information content (AvgIpc) is 2.25. The Morgan fingerprint density at radius 2 is 2.22 bits per heavy atom. The van der Waals surface area contributed by atoms with Crippen molar-refractivity contribution in [3.8, 4) is 5.75 Å². The number of nitrogens with two attached hydrogens (primary N) is 1. The largest absolute Gasteiger partial charge is 0.506 e. The first-order chi connectivity index (χ1) is 8.40. The fourth-order valence-corrected chi connectivity index (χ4v) is 1.38. The molecule has 0 radical (unpaired) electrons. The van der Waals surface area contributed by atoms with Crippen LogP contribution in [0.5, 0.6) is 5.75 Å². The third-order valence-electron chi connectivity index (χ3n) is 2.11. The Morgan fingerprint density at radius 3 is 2.83 bits per heavy atom. The number of anilines is 2. The molecule has 18 heavy (non-hydrogen) atoms. The van der Waals surface area contributed by atoms with Crippen LogP contribution in [0.2, 0.25) is 5.02 Å². The van der Waals surface area contributed by atoms with Gasteiger partial charge in [-0.1, -0.05) is 17.7 Å². The summed E-state index contributed by atoms with van der Waals surface area (Å²) in [5.74, 6) is -0.461. The van der Waals surface area contributed by atoms with E-state index in [2.05, 4.69) is 5.32 Å². The molecular formula is C12H16ClN3O2. The fraction of sp³-hybridized carbons (Fsp3) is 0.250. The van der Waals surface area contributed by atoms with Crippen molar-refractivity contribution in [2.24, 2.45) is 0 Å². The van der Waals surface area contributed by atoms with E-state index in [1.165, 1.54) is 18.2 Å². The van der Waals surface area contributed by atoms with E-state index in [0.29, 0.717) is 12.2 Å². The van der Waals surface area contributed by atoms with Crippen molar-refractivity contribution in [1.29, 1.82) is 0 Å². The van der Waals surface area contributed by atoms with Crippen molar-refractivity contribution >= 4 is 28.9 Å². The number of rotatable bonds is 4. The molecule has 1 rings (SSSR count). The number of hydrogen-bond donors (Lipinski definition) is 3. The van der Waals surface area contributed by atoms with Gasteiger partial charge in [0.25, 0.3) is 0 Å². The monoisotopic (exact) mass is 269 g/mol. The highest BCUT2D eigenvalue weighted by Gasteiger charge is 2.07. The molecule has 4 N–H and O–H groups in total. The van der Waals surface area contributed by atoms with Crippen LogP contribution in [-0.4, -0.2) is 36.6 Å². The number of aromatic hydroxyl groups is 1. The van der Waals surface area contributed by atoms with Crippen LogP contribution in [-0.2, 0) is 4.79 Å². The second-order valence-corrected chi connectivity index (χ2v) is 4.45. The Morgan fingerprint density at radius 1 is 1.56 bits per heavy atom. The Kier molecular flexibility index (Phi) is 5.00. The molecule has 0 saturated heterocycles. The van der Waals surface area contributed by atoms with Crippen LogP contribution in [0.25, 0.3) is 0 Å². The Balaban J connectivity index is 2.70. The molecule has 0 fully saturated rings. The number of likely N-dealkylation sites (N-methyl/N-ethyl adjacent to an activating group) is 1. The molecule has 6 heteroatoms. The van der Waals surface area contributed by atoms with Gasteiger partial charge in [-0.2, -0.15) is 0 Å². The first-order valence-electron chi connectivity index (χ1n) is 5.30. The summed E-state index contributed by atoms with van der Waals surface area (Å²) in [6.07, 6.45) is 3.11. The summed E-state index contributed by atoms with van der Waals surface area (Å²) >= 11 is 5.72. The molecule has 0 unspecified atom stereocenters. The summed E-state index contributed by atoms with van der Waals surface area (Å²) in [5.41, 5.74) is 6.11. The lowest BCUT2D eigenvalue weighted by Gasteiger charge is -2.08. The summed E-state index contributed by atoms with van der Waals surface area (Å²) in [4.78, 5) is 13.5. The molecule has 1 aromatic carbocycles. The molecule has 0 bridgehead atoms. The molecule has 5 nitrogen and oxygen atoms in total. The summed E-state index contributed by atoms with van der Waals surface area (Å²) in [5, 5.41) is 12.4. The SMILES string of the molecule is CN(C)C/C=C/C(=O)Nc1cc(N)c(Cl)cc1O. The van der Waals surface area contributed by atoms with Crippen LogP contribution >= 0.6 is 11.6 Å². The maximum atomic E-state index is 11.5. The Bertz CT molecular complexity index is 473. The highest BCUT2D eigenvalue weighted by molar-refractivity contribution is 6.33. The van der Waals surface area contributed by atoms with Gasteiger partial charge < -0.3 is 21.1 Å². The number of nitrogens with zero attached hydrogens (tertiary/aromatic N) is 1. The van der Waals surface area contributed by atoms with Crippen molar-refractivity contribution < 1.29 is 9.90 Å². The molecule has 0 aliphatic rings. The van der Waals surface area contributed by atoms with Crippen LogP contribution in [0.1, 0.15) is 0 Å². The molecule has 0 aliphatic heterocycles. The van der Waals surface area contributed by atoms with Gasteiger partial charge in [0, 0.05) is 18.7 Å². The van der Waals surface area contributed by atoms with Gasteiger partial charge in [-0.25, -0.2) is 0 Å². The Labute approximate surface area is 111 Å². The minimum atomic E-state index is -0.339. The van der Waals surface area contributed by atoms with Gasteiger partial charge in [0.1, 0.15) is 5.75 Å². The predicted octanol–water partition coefficient (Wildman–Crippen LogP) is 1.68. The van der Waals surface area contributed by atoms with Crippen molar-refractivity contribution in [3.05, 3.63) is 29.3 Å². The van der Waals surface area contributed by atoms with E-state index in [4.69, 9.17) is 17.3 Å². The standard InChI is InChI=1S/C12H16ClN3O2/c1-16(2)5-3-4-12(18)15-10-7-9(14)8(13)6-11(10)17/h3-4,6-7,17H,5,14H2,1-2H3,(H,15,18)/b4-3+. The lowest BCUT2D eigenvalue weighted by molar-refractivity contribution is -0.111. The summed E-state index contributed by atoms with van der Waals surface area (Å²) in [7, 11) is 3.79. The van der Waals surface area contributed by atoms with Crippen LogP contribution in [0.3, 0.4) is 0 Å². The summed E-state index contributed by atoms with van der Waals surface area (Å²) in [6.45, 7) is 0.655. The van der Waals surface area contributed by atoms with Gasteiger partial charge in [-0.15, -0.1) is 0 Å². The van der Waals surface area contributed by atoms with Crippen LogP contribution in [0.4, 0.5) is 11.4 Å². The lowest BCUT2D eigenvalue weighted by Crippen LogP contribution is -2.13. The van der Waals surface area contributed by atoms with Crippen molar-refractivity contribution in [3.63, 3.8) is 0 Å². The highest BCUT2D eigenvalue weighted by atomic mass is 35.5. The zero-order chi connectivity index (χ0) is 13.7. The maximum Gasteiger partial charge on any atom is 0.248 e. The van der Waals surface area contributed by atoms with E-state index in [0.717, 1.165) is 0 Å². The van der Waals surface area contributed by atoms with Crippen molar-refractivity contribution in [1.82, 2.24) is 4.90 Å². The molecule has 0 aromatic heterocycles. The number of halogens is 1. The number of benzene rings is 1. The van der Waals surface area contributed by atoms with Gasteiger partial charge in [0.2, 0.25) is 5.91 Å². The van der Waals surface area contributed by atoms with Gasteiger partial charge in [-0.3, -0.25) is 4.79 Å². The molecule has 0 heterocycles. The van der Waals surface area contributed by atoms with Gasteiger partial charge >= 0.3 is 0 Å². The van der Waals surface area contributed by atoms with Crippen molar-refractivity contribution in [2.45, 2.75) is 0 Å². The normalized spacial score (nSPS) is 11.1. The molecule has 98 valence electrons. The first-order valence-corrected chi connectivity index (χ1v) is 5.68. The predicted molar refractivity (Wildman–Crippen MR) is 73.9 cm³/mol. The van der Waals surface area contributed by atoms with E-state index in [9.17, 15) is 9.90 Å². The van der Waals surface area contributed by atoms with Gasteiger partial charge in [0.15, 0.2) is 0 Å². The smallest absolute Gasteiger partial charge is 0.248 e. The molecule has 1 aromatic rings. The van der Waals surface area contributed by atoms with E-state index < -0.39 is 0 Å². The second kappa shape index (κ2) is 6.28. The number of carbonyl (C=O) groups excluding carboxylic acids is 1. The summed E-state index contributed by atoms with van der Waals surface area (Å²) < 4.78 is 0. The van der Waals surface area contributed by atoms with Crippen LogP contribution < -0.4 is 11.1 Å². The first kappa shape index (κ1) is 14.3. The van der Waals surface area contributed by atoms with E-state index >= 15 is 0 Å². The number of hydrogen-bond acceptors (Lipinski definition) is 4. The third-order valence-corrected chi connectivity index (χ3v) is 2.44. The molecule has 0 saturated carbocycles. The van der Waals surface area contributed by atoms with E-state index in [1.54, 1.807) is 6.08 Å². The molecule has 0 atom stereocenters. The number of nitrogens with one attached hydrogen (secondary N) is 1. The summed E-state index contributed by atoms with van der Waals surface area (Å²) in [6, 6.07) is 2.70. The quantitative estimate of drug-likeness (QED) is 0.336. The van der Waals surface area contributed by atoms with Gasteiger partial charge in [-0.05, 0) is 20.2 Å². The van der Waals surface area contributed by atoms with Crippen LogP contribution in [0.15, 0.2) is 24.3 Å². The number of phenols is 1. The number of carbonyl (C=O) groups is 1. The van der Waals surface area contributed by atoms with E-state index in [-0.39, 0.29) is 22.4 Å².